The Morgan fingerprint density at radius 1 is 1.19 bits per heavy atom. The number of aliphatic hydroxyl groups is 1. The van der Waals surface area contributed by atoms with Gasteiger partial charge in [0.05, 0.1) is 0 Å². The molecule has 1 aliphatic rings. The van der Waals surface area contributed by atoms with Gasteiger partial charge in [0.2, 0.25) is 0 Å². The minimum atomic E-state index is 0.388. The molecule has 2 nitrogen and oxygen atoms in total. The molecule has 1 rings (SSSR count). The largest absolute Gasteiger partial charge is 0.396 e. The number of hydrogen-bond acceptors (Lipinski definition) is 2. The van der Waals surface area contributed by atoms with Crippen molar-refractivity contribution < 1.29 is 5.11 Å². The van der Waals surface area contributed by atoms with Gasteiger partial charge in [0.1, 0.15) is 0 Å². The van der Waals surface area contributed by atoms with E-state index in [2.05, 4.69) is 19.2 Å². The Balaban J connectivity index is 2.08. The maximum atomic E-state index is 9.08. The van der Waals surface area contributed by atoms with Crippen molar-refractivity contribution in [2.75, 3.05) is 6.61 Å². The topological polar surface area (TPSA) is 32.3 Å². The molecule has 0 spiro atoms. The first-order chi connectivity index (χ1) is 7.76. The van der Waals surface area contributed by atoms with Crippen molar-refractivity contribution in [1.82, 2.24) is 5.32 Å². The predicted octanol–water partition coefficient (Wildman–Crippen LogP) is 3.10. The molecule has 1 fully saturated rings. The zero-order valence-electron chi connectivity index (χ0n) is 11.0. The predicted molar refractivity (Wildman–Crippen MR) is 69.6 cm³/mol. The van der Waals surface area contributed by atoms with E-state index in [1.165, 1.54) is 51.4 Å². The van der Waals surface area contributed by atoms with Gasteiger partial charge >= 0.3 is 0 Å². The van der Waals surface area contributed by atoms with E-state index < -0.39 is 0 Å². The average molecular weight is 227 g/mol. The summed E-state index contributed by atoms with van der Waals surface area (Å²) in [5, 5.41) is 12.8. The minimum Gasteiger partial charge on any atom is -0.396 e. The molecular formula is C14H29NO. The van der Waals surface area contributed by atoms with Gasteiger partial charge in [-0.25, -0.2) is 0 Å². The van der Waals surface area contributed by atoms with Gasteiger partial charge in [-0.1, -0.05) is 26.2 Å². The summed E-state index contributed by atoms with van der Waals surface area (Å²) in [6, 6.07) is 1.38. The van der Waals surface area contributed by atoms with Crippen molar-refractivity contribution in [3.05, 3.63) is 0 Å². The van der Waals surface area contributed by atoms with Crippen LogP contribution in [-0.4, -0.2) is 23.8 Å². The molecule has 96 valence electrons. The Morgan fingerprint density at radius 3 is 2.44 bits per heavy atom. The lowest BCUT2D eigenvalue weighted by Crippen LogP contribution is -2.39. The van der Waals surface area contributed by atoms with E-state index in [1.54, 1.807) is 0 Å². The van der Waals surface area contributed by atoms with Crippen LogP contribution in [0.5, 0.6) is 0 Å². The lowest BCUT2D eigenvalue weighted by atomic mass is 9.86. The lowest BCUT2D eigenvalue weighted by Gasteiger charge is -2.30. The van der Waals surface area contributed by atoms with E-state index in [0.29, 0.717) is 24.6 Å². The Labute approximate surface area is 101 Å². The van der Waals surface area contributed by atoms with Gasteiger partial charge in [-0.2, -0.15) is 0 Å². The molecule has 1 atom stereocenters. The molecule has 2 heteroatoms. The summed E-state index contributed by atoms with van der Waals surface area (Å²) in [4.78, 5) is 0. The summed E-state index contributed by atoms with van der Waals surface area (Å²) in [7, 11) is 0. The maximum absolute atomic E-state index is 9.08. The quantitative estimate of drug-likeness (QED) is 0.655. The molecule has 0 aromatic rings. The summed E-state index contributed by atoms with van der Waals surface area (Å²) in [6.07, 6.45) is 10.3. The van der Waals surface area contributed by atoms with Gasteiger partial charge in [0, 0.05) is 18.7 Å². The number of aliphatic hydroxyl groups excluding tert-OH is 1. The molecule has 1 unspecified atom stereocenters. The highest BCUT2D eigenvalue weighted by Crippen LogP contribution is 2.24. The fourth-order valence-corrected chi connectivity index (χ4v) is 2.70. The highest BCUT2D eigenvalue weighted by molar-refractivity contribution is 4.78. The number of nitrogens with one attached hydrogen (secondary N) is 1. The Bertz CT molecular complexity index is 164. The van der Waals surface area contributed by atoms with Gasteiger partial charge in [-0.15, -0.1) is 0 Å². The van der Waals surface area contributed by atoms with Crippen LogP contribution in [0, 0.1) is 5.92 Å². The molecule has 0 aromatic carbocycles. The SMILES string of the molecule is CCCCCC(C)NC1CCC(CO)CC1. The van der Waals surface area contributed by atoms with Crippen molar-refractivity contribution in [3.8, 4) is 0 Å². The second-order valence-electron chi connectivity index (χ2n) is 5.46. The first-order valence-corrected chi connectivity index (χ1v) is 7.13. The zero-order valence-corrected chi connectivity index (χ0v) is 11.0. The van der Waals surface area contributed by atoms with Crippen LogP contribution in [0.3, 0.4) is 0 Å². The Kier molecular flexibility index (Phi) is 7.06. The van der Waals surface area contributed by atoms with Crippen molar-refractivity contribution in [2.45, 2.75) is 77.3 Å². The van der Waals surface area contributed by atoms with Crippen molar-refractivity contribution in [3.63, 3.8) is 0 Å². The summed E-state index contributed by atoms with van der Waals surface area (Å²) in [6.45, 7) is 4.96. The van der Waals surface area contributed by atoms with E-state index in [0.717, 1.165) is 0 Å². The minimum absolute atomic E-state index is 0.388. The number of unbranched alkanes of at least 4 members (excludes halogenated alkanes) is 2. The second-order valence-corrected chi connectivity index (χ2v) is 5.46. The molecule has 0 amide bonds. The van der Waals surface area contributed by atoms with Gasteiger partial charge in [-0.05, 0) is 44.9 Å². The van der Waals surface area contributed by atoms with Crippen LogP contribution in [0.4, 0.5) is 0 Å². The van der Waals surface area contributed by atoms with E-state index in [9.17, 15) is 0 Å². The fraction of sp³-hybridized carbons (Fsp3) is 1.00. The molecule has 0 saturated heterocycles. The highest BCUT2D eigenvalue weighted by atomic mass is 16.3. The van der Waals surface area contributed by atoms with Crippen LogP contribution >= 0.6 is 0 Å². The Morgan fingerprint density at radius 2 is 1.88 bits per heavy atom. The monoisotopic (exact) mass is 227 g/mol. The van der Waals surface area contributed by atoms with Crippen molar-refractivity contribution in [1.29, 1.82) is 0 Å². The third-order valence-corrected chi connectivity index (χ3v) is 3.87. The van der Waals surface area contributed by atoms with E-state index in [4.69, 9.17) is 5.11 Å². The zero-order chi connectivity index (χ0) is 11.8. The molecule has 0 bridgehead atoms. The fourth-order valence-electron chi connectivity index (χ4n) is 2.70. The number of hydrogen-bond donors (Lipinski definition) is 2. The van der Waals surface area contributed by atoms with Gasteiger partial charge in [0.15, 0.2) is 0 Å². The van der Waals surface area contributed by atoms with E-state index in [-0.39, 0.29) is 0 Å². The van der Waals surface area contributed by atoms with Crippen LogP contribution in [0.15, 0.2) is 0 Å². The Hall–Kier alpha value is -0.0800. The second kappa shape index (κ2) is 8.08. The molecule has 2 N–H and O–H groups in total. The van der Waals surface area contributed by atoms with Crippen LogP contribution in [0.1, 0.15) is 65.2 Å². The molecular weight excluding hydrogens is 198 g/mol. The summed E-state index contributed by atoms with van der Waals surface area (Å²) in [5.41, 5.74) is 0. The molecule has 0 aliphatic heterocycles. The molecule has 0 heterocycles. The average Bonchev–Trinajstić information content (AvgIpc) is 2.30. The molecule has 1 saturated carbocycles. The van der Waals surface area contributed by atoms with Crippen molar-refractivity contribution in [2.24, 2.45) is 5.92 Å². The van der Waals surface area contributed by atoms with Crippen LogP contribution < -0.4 is 5.32 Å². The smallest absolute Gasteiger partial charge is 0.0459 e. The van der Waals surface area contributed by atoms with Crippen LogP contribution in [0.2, 0.25) is 0 Å². The molecule has 1 aliphatic carbocycles. The van der Waals surface area contributed by atoms with Gasteiger partial charge < -0.3 is 10.4 Å². The standard InChI is InChI=1S/C14H29NO/c1-3-4-5-6-12(2)15-14-9-7-13(11-16)8-10-14/h12-16H,3-11H2,1-2H3. The summed E-state index contributed by atoms with van der Waals surface area (Å²) in [5.74, 6) is 0.577. The molecule has 16 heavy (non-hydrogen) atoms. The molecule has 0 radical (unpaired) electrons. The van der Waals surface area contributed by atoms with Crippen LogP contribution in [0.25, 0.3) is 0 Å². The molecule has 0 aromatic heterocycles. The normalized spacial score (nSPS) is 27.9. The van der Waals surface area contributed by atoms with E-state index >= 15 is 0 Å². The number of rotatable bonds is 7. The van der Waals surface area contributed by atoms with Gasteiger partial charge in [-0.3, -0.25) is 0 Å². The summed E-state index contributed by atoms with van der Waals surface area (Å²) >= 11 is 0. The maximum Gasteiger partial charge on any atom is 0.0459 e. The first kappa shape index (κ1) is 14.0. The van der Waals surface area contributed by atoms with Gasteiger partial charge in [0.25, 0.3) is 0 Å². The first-order valence-electron chi connectivity index (χ1n) is 7.13. The lowest BCUT2D eigenvalue weighted by molar-refractivity contribution is 0.171. The van der Waals surface area contributed by atoms with Crippen molar-refractivity contribution >= 4 is 0 Å². The third-order valence-electron chi connectivity index (χ3n) is 3.87. The highest BCUT2D eigenvalue weighted by Gasteiger charge is 2.21. The third kappa shape index (κ3) is 5.31. The van der Waals surface area contributed by atoms with Crippen LogP contribution in [-0.2, 0) is 0 Å². The van der Waals surface area contributed by atoms with E-state index in [1.807, 2.05) is 0 Å². The summed E-state index contributed by atoms with van der Waals surface area (Å²) < 4.78 is 0.